The van der Waals surface area contributed by atoms with Crippen LogP contribution in [0.25, 0.3) is 0 Å². The lowest BCUT2D eigenvalue weighted by Crippen LogP contribution is -2.50. The van der Waals surface area contributed by atoms with Crippen LogP contribution in [0, 0.1) is 0 Å². The van der Waals surface area contributed by atoms with Gasteiger partial charge in [0.15, 0.2) is 0 Å². The molecule has 1 N–H and O–H groups in total. The van der Waals surface area contributed by atoms with Crippen LogP contribution in [0.5, 0.6) is 0 Å². The van der Waals surface area contributed by atoms with E-state index in [1.807, 2.05) is 0 Å². The molecule has 2 amide bonds. The first-order chi connectivity index (χ1) is 13.7. The van der Waals surface area contributed by atoms with Gasteiger partial charge in [-0.2, -0.15) is 0 Å². The molecular weight excluding hydrogens is 362 g/mol. The van der Waals surface area contributed by atoms with Crippen molar-refractivity contribution in [2.75, 3.05) is 77.5 Å². The maximum atomic E-state index is 12.8. The lowest BCUT2D eigenvalue weighted by atomic mass is 10.2. The van der Waals surface area contributed by atoms with E-state index >= 15 is 0 Å². The van der Waals surface area contributed by atoms with Gasteiger partial charge < -0.3 is 24.6 Å². The van der Waals surface area contributed by atoms with Gasteiger partial charge in [0, 0.05) is 64.1 Å². The first-order valence-corrected chi connectivity index (χ1v) is 9.88. The highest BCUT2D eigenvalue weighted by Crippen LogP contribution is 2.12. The molecule has 9 nitrogen and oxygen atoms in total. The van der Waals surface area contributed by atoms with Crippen LogP contribution in [0.1, 0.15) is 17.3 Å². The van der Waals surface area contributed by atoms with Crippen LogP contribution < -0.4 is 5.32 Å². The van der Waals surface area contributed by atoms with Gasteiger partial charge in [-0.3, -0.25) is 9.69 Å². The van der Waals surface area contributed by atoms with E-state index in [1.165, 1.54) is 0 Å². The molecule has 0 saturated carbocycles. The molecule has 2 fully saturated rings. The first kappa shape index (κ1) is 20.3. The third kappa shape index (κ3) is 5.56. The molecule has 3 rings (SSSR count). The van der Waals surface area contributed by atoms with E-state index in [-0.39, 0.29) is 12.0 Å². The molecule has 1 aromatic heterocycles. The van der Waals surface area contributed by atoms with Crippen molar-refractivity contribution in [1.82, 2.24) is 19.7 Å². The van der Waals surface area contributed by atoms with Crippen molar-refractivity contribution >= 4 is 17.8 Å². The number of hydrogen-bond acceptors (Lipinski definition) is 7. The van der Waals surface area contributed by atoms with Crippen molar-refractivity contribution in [3.63, 3.8) is 0 Å². The standard InChI is InChI=1S/C19H29N5O4/c1-2-28-19(26)24-9-7-23(8-10-24)18(25)16-3-4-20-17(15-16)21-5-6-22-11-13-27-14-12-22/h3-4,15H,2,5-14H2,1H3,(H,20,21). The van der Waals surface area contributed by atoms with Gasteiger partial charge >= 0.3 is 6.09 Å². The molecule has 2 aliphatic heterocycles. The number of nitrogens with one attached hydrogen (secondary N) is 1. The number of carbonyl (C=O) groups is 2. The zero-order valence-electron chi connectivity index (χ0n) is 16.4. The van der Waals surface area contributed by atoms with Crippen LogP contribution in [0.2, 0.25) is 0 Å². The minimum absolute atomic E-state index is 0.0397. The van der Waals surface area contributed by atoms with E-state index in [0.717, 1.165) is 39.4 Å². The van der Waals surface area contributed by atoms with Crippen LogP contribution in [-0.4, -0.2) is 104 Å². The van der Waals surface area contributed by atoms with Crippen LogP contribution in [0.3, 0.4) is 0 Å². The van der Waals surface area contributed by atoms with Crippen molar-refractivity contribution in [3.05, 3.63) is 23.9 Å². The smallest absolute Gasteiger partial charge is 0.409 e. The predicted octanol–water partition coefficient (Wildman–Crippen LogP) is 0.740. The molecule has 28 heavy (non-hydrogen) atoms. The summed E-state index contributed by atoms with van der Waals surface area (Å²) in [4.78, 5) is 34.6. The predicted molar refractivity (Wildman–Crippen MR) is 104 cm³/mol. The number of ether oxygens (including phenoxy) is 2. The molecule has 0 spiro atoms. The zero-order valence-corrected chi connectivity index (χ0v) is 16.4. The third-order valence-electron chi connectivity index (χ3n) is 4.94. The molecule has 0 atom stereocenters. The molecule has 154 valence electrons. The van der Waals surface area contributed by atoms with Gasteiger partial charge in [0.1, 0.15) is 5.82 Å². The maximum Gasteiger partial charge on any atom is 0.409 e. The number of anilines is 1. The van der Waals surface area contributed by atoms with Gasteiger partial charge in [-0.1, -0.05) is 0 Å². The number of amides is 2. The summed E-state index contributed by atoms with van der Waals surface area (Å²) in [5.41, 5.74) is 0.605. The molecule has 0 aliphatic carbocycles. The van der Waals surface area contributed by atoms with Crippen molar-refractivity contribution in [1.29, 1.82) is 0 Å². The number of pyridine rings is 1. The Morgan fingerprint density at radius 2 is 1.86 bits per heavy atom. The number of hydrogen-bond donors (Lipinski definition) is 1. The normalized spacial score (nSPS) is 18.0. The highest BCUT2D eigenvalue weighted by molar-refractivity contribution is 5.95. The summed E-state index contributed by atoms with van der Waals surface area (Å²) >= 11 is 0. The molecule has 1 aromatic rings. The highest BCUT2D eigenvalue weighted by atomic mass is 16.6. The summed E-state index contributed by atoms with van der Waals surface area (Å²) in [7, 11) is 0. The first-order valence-electron chi connectivity index (χ1n) is 9.88. The molecule has 0 unspecified atom stereocenters. The Morgan fingerprint density at radius 1 is 1.14 bits per heavy atom. The summed E-state index contributed by atoms with van der Waals surface area (Å²) in [6.07, 6.45) is 1.34. The van der Waals surface area contributed by atoms with Crippen LogP contribution in [-0.2, 0) is 9.47 Å². The van der Waals surface area contributed by atoms with E-state index in [0.29, 0.717) is 44.2 Å². The van der Waals surface area contributed by atoms with E-state index in [4.69, 9.17) is 9.47 Å². The third-order valence-corrected chi connectivity index (χ3v) is 4.94. The van der Waals surface area contributed by atoms with Gasteiger partial charge in [-0.25, -0.2) is 9.78 Å². The Kier molecular flexibility index (Phi) is 7.44. The summed E-state index contributed by atoms with van der Waals surface area (Å²) in [5.74, 6) is 0.659. The second-order valence-electron chi connectivity index (χ2n) is 6.79. The SMILES string of the molecule is CCOC(=O)N1CCN(C(=O)c2ccnc(NCCN3CCOCC3)c2)CC1. The molecule has 9 heteroatoms. The maximum absolute atomic E-state index is 12.8. The number of piperazine rings is 1. The van der Waals surface area contributed by atoms with Gasteiger partial charge in [0.2, 0.25) is 0 Å². The molecule has 0 bridgehead atoms. The minimum Gasteiger partial charge on any atom is -0.450 e. The summed E-state index contributed by atoms with van der Waals surface area (Å²) in [6, 6.07) is 3.52. The number of morpholine rings is 1. The average molecular weight is 391 g/mol. The van der Waals surface area contributed by atoms with E-state index in [1.54, 1.807) is 35.1 Å². The summed E-state index contributed by atoms with van der Waals surface area (Å²) < 4.78 is 10.4. The Bertz CT molecular complexity index is 657. The minimum atomic E-state index is -0.315. The van der Waals surface area contributed by atoms with Gasteiger partial charge in [-0.05, 0) is 19.1 Å². The van der Waals surface area contributed by atoms with Crippen LogP contribution in [0.4, 0.5) is 10.6 Å². The van der Waals surface area contributed by atoms with E-state index in [2.05, 4.69) is 15.2 Å². The van der Waals surface area contributed by atoms with Crippen LogP contribution in [0.15, 0.2) is 18.3 Å². The second kappa shape index (κ2) is 10.2. The molecular formula is C19H29N5O4. The Hall–Kier alpha value is -2.39. The number of carbonyl (C=O) groups excluding carboxylic acids is 2. The van der Waals surface area contributed by atoms with Gasteiger partial charge in [0.25, 0.3) is 5.91 Å². The Balaban J connectivity index is 1.47. The van der Waals surface area contributed by atoms with E-state index in [9.17, 15) is 9.59 Å². The lowest BCUT2D eigenvalue weighted by Gasteiger charge is -2.34. The molecule has 0 aromatic carbocycles. The fraction of sp³-hybridized carbons (Fsp3) is 0.632. The van der Waals surface area contributed by atoms with Gasteiger partial charge in [-0.15, -0.1) is 0 Å². The highest BCUT2D eigenvalue weighted by Gasteiger charge is 2.25. The largest absolute Gasteiger partial charge is 0.450 e. The van der Waals surface area contributed by atoms with E-state index < -0.39 is 0 Å². The fourth-order valence-corrected chi connectivity index (χ4v) is 3.32. The second-order valence-corrected chi connectivity index (χ2v) is 6.79. The van der Waals surface area contributed by atoms with Crippen molar-refractivity contribution in [2.45, 2.75) is 6.92 Å². The van der Waals surface area contributed by atoms with Crippen molar-refractivity contribution < 1.29 is 19.1 Å². The summed E-state index contributed by atoms with van der Waals surface area (Å²) in [5, 5.41) is 3.29. The molecule has 0 radical (unpaired) electrons. The van der Waals surface area contributed by atoms with Crippen LogP contribution >= 0.6 is 0 Å². The zero-order chi connectivity index (χ0) is 19.8. The quantitative estimate of drug-likeness (QED) is 0.765. The average Bonchev–Trinajstić information content (AvgIpc) is 2.74. The molecule has 2 aliphatic rings. The topological polar surface area (TPSA) is 87.2 Å². The monoisotopic (exact) mass is 391 g/mol. The Labute approximate surface area is 165 Å². The summed E-state index contributed by atoms with van der Waals surface area (Å²) in [6.45, 7) is 9.26. The van der Waals surface area contributed by atoms with Crippen molar-refractivity contribution in [3.8, 4) is 0 Å². The number of nitrogens with zero attached hydrogens (tertiary/aromatic N) is 4. The Morgan fingerprint density at radius 3 is 2.57 bits per heavy atom. The molecule has 2 saturated heterocycles. The molecule has 3 heterocycles. The number of rotatable bonds is 6. The van der Waals surface area contributed by atoms with Gasteiger partial charge in [0.05, 0.1) is 19.8 Å². The lowest BCUT2D eigenvalue weighted by molar-refractivity contribution is 0.0398. The number of aromatic nitrogens is 1. The van der Waals surface area contributed by atoms with Crippen molar-refractivity contribution in [2.24, 2.45) is 0 Å². The fourth-order valence-electron chi connectivity index (χ4n) is 3.32.